The van der Waals surface area contributed by atoms with Crippen LogP contribution in [0.25, 0.3) is 0 Å². The summed E-state index contributed by atoms with van der Waals surface area (Å²) in [6.07, 6.45) is 11.3. The maximum absolute atomic E-state index is 12.8. The summed E-state index contributed by atoms with van der Waals surface area (Å²) in [4.78, 5) is 17.7. The molecule has 3 atom stereocenters. The second kappa shape index (κ2) is 13.2. The minimum Gasteiger partial charge on any atom is -0.342 e. The molecule has 27 heavy (non-hydrogen) atoms. The highest BCUT2D eigenvalue weighted by molar-refractivity contribution is 5.85. The smallest absolute Gasteiger partial charge is 0.222 e. The minimum atomic E-state index is 0. The maximum Gasteiger partial charge on any atom is 0.222 e. The van der Waals surface area contributed by atoms with Gasteiger partial charge in [0.25, 0.3) is 0 Å². The molecule has 1 N–H and O–H groups in total. The number of amides is 1. The second-order valence-electron chi connectivity index (χ2n) is 8.85. The zero-order valence-corrected chi connectivity index (χ0v) is 18.8. The fourth-order valence-electron chi connectivity index (χ4n) is 5.06. The summed E-state index contributed by atoms with van der Waals surface area (Å²) in [5, 5.41) is 3.50. The molecule has 3 rings (SSSR count). The summed E-state index contributed by atoms with van der Waals surface area (Å²) in [6.45, 7) is 10.3. The van der Waals surface area contributed by atoms with Crippen LogP contribution in [0.1, 0.15) is 64.7 Å². The van der Waals surface area contributed by atoms with E-state index in [1.54, 1.807) is 0 Å². The Bertz CT molecular complexity index is 410. The van der Waals surface area contributed by atoms with Crippen molar-refractivity contribution in [3.8, 4) is 0 Å². The number of carbonyl (C=O) groups excluding carboxylic acids is 1. The largest absolute Gasteiger partial charge is 0.342 e. The van der Waals surface area contributed by atoms with E-state index in [2.05, 4.69) is 22.0 Å². The summed E-state index contributed by atoms with van der Waals surface area (Å²) in [5.74, 6) is 2.32. The molecule has 0 spiro atoms. The van der Waals surface area contributed by atoms with Crippen molar-refractivity contribution in [3.05, 3.63) is 0 Å². The number of nitrogens with zero attached hydrogens (tertiary/aromatic N) is 2. The molecule has 4 nitrogen and oxygen atoms in total. The number of nitrogens with one attached hydrogen (secondary N) is 1. The third kappa shape index (κ3) is 8.08. The number of carbonyl (C=O) groups is 1. The molecule has 0 aromatic heterocycles. The van der Waals surface area contributed by atoms with Crippen molar-refractivity contribution in [3.63, 3.8) is 0 Å². The first-order chi connectivity index (χ1) is 12.2. The zero-order chi connectivity index (χ0) is 17.5. The Morgan fingerprint density at radius 2 is 1.74 bits per heavy atom. The summed E-state index contributed by atoms with van der Waals surface area (Å²) in [5.41, 5.74) is 0. The first kappa shape index (κ1) is 25.0. The van der Waals surface area contributed by atoms with Gasteiger partial charge in [0.15, 0.2) is 0 Å². The van der Waals surface area contributed by atoms with Crippen molar-refractivity contribution in [1.82, 2.24) is 15.1 Å². The highest BCUT2D eigenvalue weighted by atomic mass is 35.5. The van der Waals surface area contributed by atoms with Gasteiger partial charge in [0, 0.05) is 26.1 Å². The van der Waals surface area contributed by atoms with E-state index < -0.39 is 0 Å². The van der Waals surface area contributed by atoms with E-state index in [-0.39, 0.29) is 24.8 Å². The van der Waals surface area contributed by atoms with Gasteiger partial charge in [-0.3, -0.25) is 4.79 Å². The van der Waals surface area contributed by atoms with E-state index in [1.807, 2.05) is 0 Å². The Balaban J connectivity index is 0.00000182. The van der Waals surface area contributed by atoms with Crippen LogP contribution in [0.5, 0.6) is 0 Å². The quantitative estimate of drug-likeness (QED) is 0.728. The lowest BCUT2D eigenvalue weighted by Gasteiger charge is -2.36. The molecule has 0 aliphatic carbocycles. The third-order valence-corrected chi connectivity index (χ3v) is 6.72. The highest BCUT2D eigenvalue weighted by Crippen LogP contribution is 2.25. The van der Waals surface area contributed by atoms with Crippen molar-refractivity contribution in [1.29, 1.82) is 0 Å². The van der Waals surface area contributed by atoms with Crippen LogP contribution in [0.3, 0.4) is 0 Å². The van der Waals surface area contributed by atoms with Crippen molar-refractivity contribution < 1.29 is 4.79 Å². The van der Waals surface area contributed by atoms with Crippen LogP contribution < -0.4 is 5.32 Å². The van der Waals surface area contributed by atoms with Crippen LogP contribution in [0.4, 0.5) is 0 Å². The van der Waals surface area contributed by atoms with E-state index in [0.29, 0.717) is 23.7 Å². The summed E-state index contributed by atoms with van der Waals surface area (Å²) in [6, 6.07) is 0. The topological polar surface area (TPSA) is 35.6 Å². The molecule has 1 amide bonds. The molecule has 0 bridgehead atoms. The predicted molar refractivity (Wildman–Crippen MR) is 118 cm³/mol. The normalized spacial score (nSPS) is 28.4. The highest BCUT2D eigenvalue weighted by Gasteiger charge is 2.28. The fraction of sp³-hybridized carbons (Fsp3) is 0.952. The number of hydrogen-bond donors (Lipinski definition) is 1. The lowest BCUT2D eigenvalue weighted by Crippen LogP contribution is -2.45. The molecule has 0 aromatic carbocycles. The van der Waals surface area contributed by atoms with Crippen LogP contribution in [0, 0.1) is 17.8 Å². The van der Waals surface area contributed by atoms with Crippen molar-refractivity contribution >= 4 is 30.7 Å². The van der Waals surface area contributed by atoms with Gasteiger partial charge in [-0.2, -0.15) is 0 Å². The monoisotopic (exact) mass is 421 g/mol. The number of halogens is 2. The van der Waals surface area contributed by atoms with Gasteiger partial charge in [-0.15, -0.1) is 24.8 Å². The molecule has 6 heteroatoms. The Kier molecular flexibility index (Phi) is 12.3. The van der Waals surface area contributed by atoms with Gasteiger partial charge in [0.05, 0.1) is 0 Å². The molecule has 0 aromatic rings. The fourth-order valence-corrected chi connectivity index (χ4v) is 5.06. The number of rotatable bonds is 5. The summed E-state index contributed by atoms with van der Waals surface area (Å²) < 4.78 is 0. The lowest BCUT2D eigenvalue weighted by molar-refractivity contribution is -0.134. The maximum atomic E-state index is 12.8. The first-order valence-electron chi connectivity index (χ1n) is 10.9. The van der Waals surface area contributed by atoms with Crippen LogP contribution in [-0.4, -0.2) is 61.5 Å². The van der Waals surface area contributed by atoms with Gasteiger partial charge in [-0.25, -0.2) is 0 Å². The molecule has 3 saturated heterocycles. The molecule has 0 radical (unpaired) electrons. The predicted octanol–water partition coefficient (Wildman–Crippen LogP) is 3.97. The standard InChI is InChI=1S/C21H39N3O.2ClH/c1-18(20-9-6-10-22-15-20)14-21(25)24-13-7-8-19(17-24)16-23-11-4-2-3-5-12-23;;/h18-20,22H,2-17H2,1H3;2*1H. The van der Waals surface area contributed by atoms with E-state index in [9.17, 15) is 4.79 Å². The molecular formula is C21H41Cl2N3O. The van der Waals surface area contributed by atoms with Gasteiger partial charge in [0.1, 0.15) is 0 Å². The Hall–Kier alpha value is -0.0300. The molecule has 0 saturated carbocycles. The number of hydrogen-bond acceptors (Lipinski definition) is 3. The molecule has 3 fully saturated rings. The van der Waals surface area contributed by atoms with Gasteiger partial charge in [-0.05, 0) is 82.5 Å². The Morgan fingerprint density at radius 1 is 1.00 bits per heavy atom. The van der Waals surface area contributed by atoms with E-state index in [4.69, 9.17) is 0 Å². The molecular weight excluding hydrogens is 381 g/mol. The van der Waals surface area contributed by atoms with Crippen LogP contribution >= 0.6 is 24.8 Å². The first-order valence-corrected chi connectivity index (χ1v) is 10.9. The Morgan fingerprint density at radius 3 is 2.41 bits per heavy atom. The number of likely N-dealkylation sites (tertiary alicyclic amines) is 2. The molecule has 3 aliphatic heterocycles. The second-order valence-corrected chi connectivity index (χ2v) is 8.85. The van der Waals surface area contributed by atoms with Gasteiger partial charge in [0.2, 0.25) is 5.91 Å². The van der Waals surface area contributed by atoms with Crippen LogP contribution in [0.2, 0.25) is 0 Å². The van der Waals surface area contributed by atoms with Crippen molar-refractivity contribution in [2.75, 3.05) is 45.8 Å². The average Bonchev–Trinajstić information content (AvgIpc) is 2.91. The molecule has 3 aliphatic rings. The lowest BCUT2D eigenvalue weighted by atomic mass is 9.85. The minimum absolute atomic E-state index is 0. The van der Waals surface area contributed by atoms with Crippen molar-refractivity contribution in [2.45, 2.75) is 64.7 Å². The molecule has 160 valence electrons. The van der Waals surface area contributed by atoms with Crippen LogP contribution in [-0.2, 0) is 4.79 Å². The number of piperidine rings is 2. The van der Waals surface area contributed by atoms with Crippen molar-refractivity contribution in [2.24, 2.45) is 17.8 Å². The Labute approximate surface area is 179 Å². The summed E-state index contributed by atoms with van der Waals surface area (Å²) in [7, 11) is 0. The van der Waals surface area contributed by atoms with Gasteiger partial charge < -0.3 is 15.1 Å². The van der Waals surface area contributed by atoms with E-state index >= 15 is 0 Å². The third-order valence-electron chi connectivity index (χ3n) is 6.72. The zero-order valence-electron chi connectivity index (χ0n) is 17.2. The average molecular weight is 422 g/mol. The van der Waals surface area contributed by atoms with E-state index in [1.165, 1.54) is 71.0 Å². The molecule has 3 heterocycles. The van der Waals surface area contributed by atoms with E-state index in [0.717, 1.165) is 32.6 Å². The SMILES string of the molecule is CC(CC(=O)N1CCCC(CN2CCCCCC2)C1)C1CCCNC1.Cl.Cl. The van der Waals surface area contributed by atoms with Gasteiger partial charge >= 0.3 is 0 Å². The summed E-state index contributed by atoms with van der Waals surface area (Å²) >= 11 is 0. The molecule has 3 unspecified atom stereocenters. The van der Waals surface area contributed by atoms with Crippen LogP contribution in [0.15, 0.2) is 0 Å². The van der Waals surface area contributed by atoms with Gasteiger partial charge in [-0.1, -0.05) is 19.8 Å².